The number of anilines is 1. The molecule has 0 spiro atoms. The second-order valence-corrected chi connectivity index (χ2v) is 8.16. The van der Waals surface area contributed by atoms with Crippen LogP contribution in [0.25, 0.3) is 11.3 Å². The van der Waals surface area contributed by atoms with E-state index in [2.05, 4.69) is 27.9 Å². The van der Waals surface area contributed by atoms with E-state index in [0.717, 1.165) is 47.0 Å². The Morgan fingerprint density at radius 1 is 1.30 bits per heavy atom. The molecule has 27 heavy (non-hydrogen) atoms. The largest absolute Gasteiger partial charge is 0.493 e. The fourth-order valence-electron chi connectivity index (χ4n) is 3.88. The van der Waals surface area contributed by atoms with Crippen molar-refractivity contribution in [2.45, 2.75) is 39.2 Å². The third-order valence-corrected chi connectivity index (χ3v) is 6.11. The number of carbonyl (C=O) groups is 1. The molecule has 1 fully saturated rings. The van der Waals surface area contributed by atoms with Crippen LogP contribution in [0.5, 0.6) is 5.75 Å². The first kappa shape index (κ1) is 16.6. The van der Waals surface area contributed by atoms with Crippen molar-refractivity contribution in [3.63, 3.8) is 0 Å². The van der Waals surface area contributed by atoms with Crippen LogP contribution in [0.2, 0.25) is 0 Å². The monoisotopic (exact) mass is 379 g/mol. The van der Waals surface area contributed by atoms with Crippen molar-refractivity contribution in [1.29, 1.82) is 0 Å². The molecule has 1 amide bonds. The molecule has 2 aromatic heterocycles. The van der Waals surface area contributed by atoms with E-state index in [1.807, 2.05) is 30.5 Å². The Kier molecular flexibility index (Phi) is 3.82. The molecular formula is C21H21N3O2S. The van der Waals surface area contributed by atoms with Gasteiger partial charge in [0.15, 0.2) is 5.13 Å². The van der Waals surface area contributed by atoms with Gasteiger partial charge in [0, 0.05) is 34.8 Å². The summed E-state index contributed by atoms with van der Waals surface area (Å²) in [5.74, 6) is 0.881. The van der Waals surface area contributed by atoms with Crippen LogP contribution in [0.1, 0.15) is 46.2 Å². The summed E-state index contributed by atoms with van der Waals surface area (Å²) >= 11 is 1.46. The van der Waals surface area contributed by atoms with Crippen LogP contribution >= 0.6 is 11.3 Å². The van der Waals surface area contributed by atoms with Crippen LogP contribution in [-0.4, -0.2) is 22.1 Å². The SMILES string of the molecule is Cc1cc(C(=O)Nc2nc(-c3ccc4c(c3)CCO4)cs2)c(C)n1C1CC1. The quantitative estimate of drug-likeness (QED) is 0.712. The summed E-state index contributed by atoms with van der Waals surface area (Å²) in [6, 6.07) is 8.71. The van der Waals surface area contributed by atoms with Gasteiger partial charge in [-0.3, -0.25) is 10.1 Å². The summed E-state index contributed by atoms with van der Waals surface area (Å²) in [7, 11) is 0. The number of ether oxygens (including phenoxy) is 1. The second kappa shape index (κ2) is 6.23. The molecule has 2 aliphatic rings. The maximum atomic E-state index is 12.8. The van der Waals surface area contributed by atoms with Gasteiger partial charge in [-0.25, -0.2) is 4.98 Å². The van der Waals surface area contributed by atoms with Crippen molar-refractivity contribution in [3.8, 4) is 17.0 Å². The van der Waals surface area contributed by atoms with E-state index in [1.165, 1.54) is 29.7 Å². The molecule has 5 rings (SSSR count). The predicted octanol–water partition coefficient (Wildman–Crippen LogP) is 4.75. The van der Waals surface area contributed by atoms with Gasteiger partial charge < -0.3 is 9.30 Å². The zero-order valence-corrected chi connectivity index (χ0v) is 16.2. The summed E-state index contributed by atoms with van der Waals surface area (Å²) < 4.78 is 7.85. The van der Waals surface area contributed by atoms with E-state index >= 15 is 0 Å². The van der Waals surface area contributed by atoms with Crippen molar-refractivity contribution in [2.24, 2.45) is 0 Å². The molecule has 0 bridgehead atoms. The summed E-state index contributed by atoms with van der Waals surface area (Å²) in [5, 5.41) is 5.59. The van der Waals surface area contributed by atoms with Crippen LogP contribution in [0.4, 0.5) is 5.13 Å². The lowest BCUT2D eigenvalue weighted by molar-refractivity contribution is 0.102. The summed E-state index contributed by atoms with van der Waals surface area (Å²) in [4.78, 5) is 17.4. The minimum absolute atomic E-state index is 0.0850. The van der Waals surface area contributed by atoms with Gasteiger partial charge in [-0.15, -0.1) is 11.3 Å². The van der Waals surface area contributed by atoms with Crippen LogP contribution in [-0.2, 0) is 6.42 Å². The number of amides is 1. The van der Waals surface area contributed by atoms with Gasteiger partial charge in [0.2, 0.25) is 0 Å². The third kappa shape index (κ3) is 2.94. The van der Waals surface area contributed by atoms with Gasteiger partial charge in [-0.05, 0) is 56.5 Å². The Hall–Kier alpha value is -2.60. The summed E-state index contributed by atoms with van der Waals surface area (Å²) in [5.41, 5.74) is 6.10. The molecule has 3 heterocycles. The Balaban J connectivity index is 1.36. The number of nitrogens with zero attached hydrogens (tertiary/aromatic N) is 2. The Morgan fingerprint density at radius 3 is 2.96 bits per heavy atom. The second-order valence-electron chi connectivity index (χ2n) is 7.30. The highest BCUT2D eigenvalue weighted by Gasteiger charge is 2.28. The lowest BCUT2D eigenvalue weighted by atomic mass is 10.1. The van der Waals surface area contributed by atoms with E-state index < -0.39 is 0 Å². The highest BCUT2D eigenvalue weighted by Crippen LogP contribution is 2.38. The Bertz CT molecular complexity index is 1050. The smallest absolute Gasteiger partial charge is 0.259 e. The maximum absolute atomic E-state index is 12.8. The number of aromatic nitrogens is 2. The van der Waals surface area contributed by atoms with Gasteiger partial charge in [0.05, 0.1) is 17.9 Å². The van der Waals surface area contributed by atoms with E-state index in [9.17, 15) is 4.79 Å². The van der Waals surface area contributed by atoms with Gasteiger partial charge in [0.1, 0.15) is 5.75 Å². The van der Waals surface area contributed by atoms with Crippen LogP contribution in [0.15, 0.2) is 29.6 Å². The van der Waals surface area contributed by atoms with E-state index in [1.54, 1.807) is 0 Å². The highest BCUT2D eigenvalue weighted by molar-refractivity contribution is 7.14. The van der Waals surface area contributed by atoms with Crippen molar-refractivity contribution in [3.05, 3.63) is 52.2 Å². The number of carbonyl (C=O) groups excluding carboxylic acids is 1. The molecule has 1 aliphatic heterocycles. The summed E-state index contributed by atoms with van der Waals surface area (Å²) in [6.45, 7) is 4.84. The Labute approximate surface area is 162 Å². The van der Waals surface area contributed by atoms with Crippen molar-refractivity contribution >= 4 is 22.4 Å². The zero-order chi connectivity index (χ0) is 18.5. The van der Waals surface area contributed by atoms with Gasteiger partial charge in [-0.1, -0.05) is 0 Å². The van der Waals surface area contributed by atoms with Crippen LogP contribution < -0.4 is 10.1 Å². The molecule has 1 aromatic carbocycles. The molecule has 1 aliphatic carbocycles. The number of nitrogens with one attached hydrogen (secondary N) is 1. The molecular weight excluding hydrogens is 358 g/mol. The molecule has 1 saturated carbocycles. The van der Waals surface area contributed by atoms with Crippen LogP contribution in [0, 0.1) is 13.8 Å². The third-order valence-electron chi connectivity index (χ3n) is 5.35. The number of hydrogen-bond donors (Lipinski definition) is 1. The predicted molar refractivity (Wildman–Crippen MR) is 107 cm³/mol. The number of aryl methyl sites for hydroxylation is 1. The standard InChI is InChI=1S/C21H21N3O2S/c1-12-9-17(13(2)24(12)16-4-5-16)20(25)23-21-22-18(11-27-21)14-3-6-19-15(10-14)7-8-26-19/h3,6,9-11,16H,4-5,7-8H2,1-2H3,(H,22,23,25). The number of hydrogen-bond acceptors (Lipinski definition) is 4. The first-order valence-electron chi connectivity index (χ1n) is 9.31. The van der Waals surface area contributed by atoms with Gasteiger partial charge >= 0.3 is 0 Å². The molecule has 0 atom stereocenters. The topological polar surface area (TPSA) is 56.1 Å². The fraction of sp³-hybridized carbons (Fsp3) is 0.333. The average molecular weight is 379 g/mol. The minimum Gasteiger partial charge on any atom is -0.493 e. The van der Waals surface area contributed by atoms with E-state index in [4.69, 9.17) is 4.74 Å². The molecule has 0 radical (unpaired) electrons. The van der Waals surface area contributed by atoms with Crippen molar-refractivity contribution < 1.29 is 9.53 Å². The number of benzene rings is 1. The molecule has 1 N–H and O–H groups in total. The van der Waals surface area contributed by atoms with Gasteiger partial charge in [-0.2, -0.15) is 0 Å². The van der Waals surface area contributed by atoms with Crippen molar-refractivity contribution in [1.82, 2.24) is 9.55 Å². The fourth-order valence-corrected chi connectivity index (χ4v) is 4.59. The normalized spacial score (nSPS) is 15.5. The minimum atomic E-state index is -0.0850. The molecule has 5 nitrogen and oxygen atoms in total. The molecule has 3 aromatic rings. The van der Waals surface area contributed by atoms with E-state index in [0.29, 0.717) is 11.2 Å². The number of rotatable bonds is 4. The Morgan fingerprint density at radius 2 is 2.15 bits per heavy atom. The zero-order valence-electron chi connectivity index (χ0n) is 15.4. The lowest BCUT2D eigenvalue weighted by Gasteiger charge is -2.07. The molecule has 6 heteroatoms. The number of thiazole rings is 1. The van der Waals surface area contributed by atoms with Crippen LogP contribution in [0.3, 0.4) is 0 Å². The first-order chi connectivity index (χ1) is 13.1. The summed E-state index contributed by atoms with van der Waals surface area (Å²) in [6.07, 6.45) is 3.35. The molecule has 138 valence electrons. The maximum Gasteiger partial charge on any atom is 0.259 e. The first-order valence-corrected chi connectivity index (χ1v) is 10.2. The average Bonchev–Trinajstić information content (AvgIpc) is 3.06. The van der Waals surface area contributed by atoms with E-state index in [-0.39, 0.29) is 5.91 Å². The highest BCUT2D eigenvalue weighted by atomic mass is 32.1. The van der Waals surface area contributed by atoms with Crippen molar-refractivity contribution in [2.75, 3.05) is 11.9 Å². The molecule has 0 saturated heterocycles. The number of fused-ring (bicyclic) bond motifs is 1. The van der Waals surface area contributed by atoms with Gasteiger partial charge in [0.25, 0.3) is 5.91 Å². The lowest BCUT2D eigenvalue weighted by Crippen LogP contribution is -2.13. The molecule has 0 unspecified atom stereocenters.